The Hall–Kier alpha value is -0.570. The fraction of sp³-hybridized carbons (Fsp3) is 0.941. The van der Waals surface area contributed by atoms with Gasteiger partial charge in [-0.2, -0.15) is 0 Å². The molecule has 0 radical (unpaired) electrons. The SMILES string of the molecule is CCCCC(C)(C)CC(C)(C)C(=O)NCCOC(C)C. The first-order valence-corrected chi connectivity index (χ1v) is 8.00. The zero-order chi connectivity index (χ0) is 15.8. The maximum atomic E-state index is 12.3. The summed E-state index contributed by atoms with van der Waals surface area (Å²) in [6.45, 7) is 16.0. The number of carbonyl (C=O) groups is 1. The first-order chi connectivity index (χ1) is 9.10. The number of nitrogens with one attached hydrogen (secondary N) is 1. The number of ether oxygens (including phenoxy) is 1. The molecule has 0 aromatic carbocycles. The smallest absolute Gasteiger partial charge is 0.225 e. The van der Waals surface area contributed by atoms with E-state index < -0.39 is 0 Å². The van der Waals surface area contributed by atoms with Gasteiger partial charge >= 0.3 is 0 Å². The van der Waals surface area contributed by atoms with E-state index in [-0.39, 0.29) is 22.8 Å². The van der Waals surface area contributed by atoms with Gasteiger partial charge in [-0.3, -0.25) is 4.79 Å². The van der Waals surface area contributed by atoms with Crippen LogP contribution >= 0.6 is 0 Å². The highest BCUT2D eigenvalue weighted by molar-refractivity contribution is 5.81. The average molecular weight is 285 g/mol. The van der Waals surface area contributed by atoms with Gasteiger partial charge in [0.2, 0.25) is 5.91 Å². The molecule has 0 fully saturated rings. The Morgan fingerprint density at radius 2 is 1.80 bits per heavy atom. The van der Waals surface area contributed by atoms with Gasteiger partial charge in [0.15, 0.2) is 0 Å². The second-order valence-corrected chi connectivity index (χ2v) is 7.50. The molecule has 0 spiro atoms. The first-order valence-electron chi connectivity index (χ1n) is 8.00. The van der Waals surface area contributed by atoms with Crippen LogP contribution in [-0.2, 0) is 9.53 Å². The van der Waals surface area contributed by atoms with E-state index in [1.165, 1.54) is 19.3 Å². The highest BCUT2D eigenvalue weighted by atomic mass is 16.5. The third kappa shape index (κ3) is 8.57. The van der Waals surface area contributed by atoms with Crippen LogP contribution in [0.3, 0.4) is 0 Å². The van der Waals surface area contributed by atoms with E-state index >= 15 is 0 Å². The molecule has 3 heteroatoms. The van der Waals surface area contributed by atoms with Crippen molar-refractivity contribution in [3.63, 3.8) is 0 Å². The number of hydrogen-bond acceptors (Lipinski definition) is 2. The molecule has 0 aromatic rings. The lowest BCUT2D eigenvalue weighted by Gasteiger charge is -2.34. The highest BCUT2D eigenvalue weighted by Gasteiger charge is 2.34. The van der Waals surface area contributed by atoms with Crippen LogP contribution < -0.4 is 5.32 Å². The third-order valence-corrected chi connectivity index (χ3v) is 3.58. The normalized spacial score (nSPS) is 12.8. The Labute approximate surface area is 125 Å². The van der Waals surface area contributed by atoms with Crippen molar-refractivity contribution < 1.29 is 9.53 Å². The van der Waals surface area contributed by atoms with Crippen LogP contribution in [0.25, 0.3) is 0 Å². The van der Waals surface area contributed by atoms with Gasteiger partial charge in [0, 0.05) is 12.0 Å². The van der Waals surface area contributed by atoms with Crippen LogP contribution in [-0.4, -0.2) is 25.2 Å². The van der Waals surface area contributed by atoms with E-state index in [4.69, 9.17) is 4.74 Å². The van der Waals surface area contributed by atoms with Crippen molar-refractivity contribution >= 4 is 5.91 Å². The van der Waals surface area contributed by atoms with E-state index in [0.29, 0.717) is 13.2 Å². The highest BCUT2D eigenvalue weighted by Crippen LogP contribution is 2.37. The fourth-order valence-electron chi connectivity index (χ4n) is 2.72. The van der Waals surface area contributed by atoms with Gasteiger partial charge in [-0.15, -0.1) is 0 Å². The summed E-state index contributed by atoms with van der Waals surface area (Å²) in [6.07, 6.45) is 4.75. The molecule has 0 aliphatic heterocycles. The Morgan fingerprint density at radius 1 is 1.20 bits per heavy atom. The molecule has 20 heavy (non-hydrogen) atoms. The molecule has 0 aliphatic carbocycles. The lowest BCUT2D eigenvalue weighted by molar-refractivity contribution is -0.131. The van der Waals surface area contributed by atoms with E-state index in [1.54, 1.807) is 0 Å². The van der Waals surface area contributed by atoms with Crippen molar-refractivity contribution in [2.24, 2.45) is 10.8 Å². The predicted octanol–water partition coefficient (Wildman–Crippen LogP) is 4.16. The summed E-state index contributed by atoms with van der Waals surface area (Å²) in [5, 5.41) is 2.99. The summed E-state index contributed by atoms with van der Waals surface area (Å²) in [4.78, 5) is 12.3. The molecule has 0 aromatic heterocycles. The number of carbonyl (C=O) groups excluding carboxylic acids is 1. The van der Waals surface area contributed by atoms with Crippen LogP contribution in [0.4, 0.5) is 0 Å². The van der Waals surface area contributed by atoms with E-state index in [2.05, 4.69) is 26.1 Å². The Balaban J connectivity index is 4.22. The van der Waals surface area contributed by atoms with Crippen LogP contribution in [0.15, 0.2) is 0 Å². The number of unbranched alkanes of at least 4 members (excludes halogenated alkanes) is 1. The molecule has 0 rings (SSSR count). The summed E-state index contributed by atoms with van der Waals surface area (Å²) in [6, 6.07) is 0. The Kier molecular flexibility index (Phi) is 8.41. The molecular weight excluding hydrogens is 250 g/mol. The van der Waals surface area contributed by atoms with E-state index in [9.17, 15) is 4.79 Å². The van der Waals surface area contributed by atoms with Gasteiger partial charge in [0.25, 0.3) is 0 Å². The van der Waals surface area contributed by atoms with Crippen LogP contribution in [0.1, 0.15) is 74.1 Å². The molecule has 0 heterocycles. The maximum Gasteiger partial charge on any atom is 0.225 e. The molecule has 1 N–H and O–H groups in total. The Bertz CT molecular complexity index is 283. The fourth-order valence-corrected chi connectivity index (χ4v) is 2.72. The van der Waals surface area contributed by atoms with Crippen molar-refractivity contribution in [1.82, 2.24) is 5.32 Å². The monoisotopic (exact) mass is 285 g/mol. The molecule has 0 unspecified atom stereocenters. The molecule has 120 valence electrons. The van der Waals surface area contributed by atoms with Crippen molar-refractivity contribution in [1.29, 1.82) is 0 Å². The third-order valence-electron chi connectivity index (χ3n) is 3.58. The first kappa shape index (κ1) is 19.4. The molecule has 0 saturated heterocycles. The zero-order valence-electron chi connectivity index (χ0n) is 14.6. The summed E-state index contributed by atoms with van der Waals surface area (Å²) < 4.78 is 5.44. The predicted molar refractivity (Wildman–Crippen MR) is 85.8 cm³/mol. The number of hydrogen-bond donors (Lipinski definition) is 1. The van der Waals surface area contributed by atoms with Crippen LogP contribution in [0, 0.1) is 10.8 Å². The molecule has 0 aliphatic rings. The van der Waals surface area contributed by atoms with Gasteiger partial charge in [-0.25, -0.2) is 0 Å². The topological polar surface area (TPSA) is 38.3 Å². The van der Waals surface area contributed by atoms with Crippen molar-refractivity contribution in [2.45, 2.75) is 80.3 Å². The average Bonchev–Trinajstić information content (AvgIpc) is 2.30. The summed E-state index contributed by atoms with van der Waals surface area (Å²) in [7, 11) is 0. The molecule has 0 saturated carbocycles. The minimum Gasteiger partial charge on any atom is -0.377 e. The minimum atomic E-state index is -0.324. The molecule has 0 bridgehead atoms. The molecule has 3 nitrogen and oxygen atoms in total. The van der Waals surface area contributed by atoms with Gasteiger partial charge in [-0.05, 0) is 32.1 Å². The lowest BCUT2D eigenvalue weighted by atomic mass is 9.72. The standard InChI is InChI=1S/C17H35NO2/c1-8-9-10-16(4,5)13-17(6,7)15(19)18-11-12-20-14(2)3/h14H,8-13H2,1-7H3,(H,18,19). The summed E-state index contributed by atoms with van der Waals surface area (Å²) in [5.41, 5.74) is -0.111. The molecule has 1 amide bonds. The minimum absolute atomic E-state index is 0.134. The Morgan fingerprint density at radius 3 is 2.30 bits per heavy atom. The van der Waals surface area contributed by atoms with Gasteiger partial charge in [0.05, 0.1) is 12.7 Å². The quantitative estimate of drug-likeness (QED) is 0.612. The summed E-state index contributed by atoms with van der Waals surface area (Å²) >= 11 is 0. The second-order valence-electron chi connectivity index (χ2n) is 7.50. The van der Waals surface area contributed by atoms with Crippen molar-refractivity contribution in [3.05, 3.63) is 0 Å². The number of amides is 1. The van der Waals surface area contributed by atoms with Crippen LogP contribution in [0.5, 0.6) is 0 Å². The van der Waals surface area contributed by atoms with E-state index in [0.717, 1.165) is 6.42 Å². The number of rotatable bonds is 10. The summed E-state index contributed by atoms with van der Waals surface area (Å²) in [5.74, 6) is 0.134. The zero-order valence-corrected chi connectivity index (χ0v) is 14.6. The van der Waals surface area contributed by atoms with E-state index in [1.807, 2.05) is 27.7 Å². The van der Waals surface area contributed by atoms with Crippen molar-refractivity contribution in [2.75, 3.05) is 13.2 Å². The molecule has 0 atom stereocenters. The lowest BCUT2D eigenvalue weighted by Crippen LogP contribution is -2.41. The largest absolute Gasteiger partial charge is 0.377 e. The van der Waals surface area contributed by atoms with Crippen molar-refractivity contribution in [3.8, 4) is 0 Å². The second kappa shape index (κ2) is 8.66. The maximum absolute atomic E-state index is 12.3. The van der Waals surface area contributed by atoms with Gasteiger partial charge < -0.3 is 10.1 Å². The van der Waals surface area contributed by atoms with Crippen LogP contribution in [0.2, 0.25) is 0 Å². The van der Waals surface area contributed by atoms with Gasteiger partial charge in [0.1, 0.15) is 0 Å². The van der Waals surface area contributed by atoms with Gasteiger partial charge in [-0.1, -0.05) is 47.5 Å². The molecular formula is C17H35NO2.